The maximum Gasteiger partial charge on any atom is 0.0893 e. The number of nitrogens with zero attached hydrogens (tertiary/aromatic N) is 1. The number of hydrazine groups is 1. The van der Waals surface area contributed by atoms with Crippen molar-refractivity contribution in [2.75, 3.05) is 18.6 Å². The van der Waals surface area contributed by atoms with Crippen molar-refractivity contribution < 1.29 is 9.47 Å². The molecule has 16 heavy (non-hydrogen) atoms. The molecule has 1 aromatic rings. The summed E-state index contributed by atoms with van der Waals surface area (Å²) in [6.45, 7) is 5.71. The molecule has 5 heteroatoms. The van der Waals surface area contributed by atoms with E-state index < -0.39 is 0 Å². The first-order valence-electron chi connectivity index (χ1n) is 5.37. The van der Waals surface area contributed by atoms with Crippen LogP contribution >= 0.6 is 0 Å². The number of nitrogens with two attached hydrogens (primary N) is 1. The Bertz CT molecular complexity index is 307. The second-order valence-corrected chi connectivity index (χ2v) is 3.46. The molecule has 1 atom stereocenters. The van der Waals surface area contributed by atoms with Crippen LogP contribution < -0.4 is 11.3 Å². The van der Waals surface area contributed by atoms with Crippen molar-refractivity contribution in [3.8, 4) is 0 Å². The average molecular weight is 225 g/mol. The van der Waals surface area contributed by atoms with E-state index in [0.29, 0.717) is 19.8 Å². The van der Waals surface area contributed by atoms with Crippen LogP contribution in [0.2, 0.25) is 0 Å². The highest BCUT2D eigenvalue weighted by Crippen LogP contribution is 2.08. The summed E-state index contributed by atoms with van der Waals surface area (Å²) in [5.74, 6) is 5.30. The Morgan fingerprint density at radius 1 is 1.56 bits per heavy atom. The van der Waals surface area contributed by atoms with Gasteiger partial charge in [0.1, 0.15) is 0 Å². The monoisotopic (exact) mass is 225 g/mol. The van der Waals surface area contributed by atoms with Crippen LogP contribution in [0.25, 0.3) is 0 Å². The Hall–Kier alpha value is -1.17. The van der Waals surface area contributed by atoms with E-state index in [4.69, 9.17) is 15.3 Å². The predicted molar refractivity (Wildman–Crippen MR) is 62.8 cm³/mol. The van der Waals surface area contributed by atoms with Crippen LogP contribution in [0.1, 0.15) is 19.5 Å². The number of nitrogens with one attached hydrogen (secondary N) is 1. The number of hydrogen-bond donors (Lipinski definition) is 2. The molecule has 90 valence electrons. The maximum absolute atomic E-state index is 5.57. The van der Waals surface area contributed by atoms with Crippen LogP contribution in [0.15, 0.2) is 18.3 Å². The molecule has 0 fully saturated rings. The fourth-order valence-electron chi connectivity index (χ4n) is 1.21. The largest absolute Gasteiger partial charge is 0.379 e. The summed E-state index contributed by atoms with van der Waals surface area (Å²) in [5.41, 5.74) is 4.24. The first kappa shape index (κ1) is 12.9. The zero-order chi connectivity index (χ0) is 11.8. The van der Waals surface area contributed by atoms with Crippen LogP contribution in [-0.2, 0) is 16.1 Å². The molecule has 0 saturated heterocycles. The molecule has 0 aromatic carbocycles. The molecule has 0 aliphatic carbocycles. The van der Waals surface area contributed by atoms with Crippen molar-refractivity contribution in [3.05, 3.63) is 24.0 Å². The normalized spacial score (nSPS) is 12.4. The topological polar surface area (TPSA) is 69.4 Å². The van der Waals surface area contributed by atoms with E-state index in [-0.39, 0.29) is 6.10 Å². The van der Waals surface area contributed by atoms with Crippen LogP contribution in [0.5, 0.6) is 0 Å². The standard InChI is InChI=1S/C11H19N3O2/c1-3-15-7-9(2)16-8-11-6-10(14-12)4-5-13-11/h4-6,9H,3,7-8,12H2,1-2H3,(H,13,14). The summed E-state index contributed by atoms with van der Waals surface area (Å²) in [4.78, 5) is 4.18. The molecule has 0 amide bonds. The molecule has 3 N–H and O–H groups in total. The average Bonchev–Trinajstić information content (AvgIpc) is 2.34. The number of aromatic nitrogens is 1. The summed E-state index contributed by atoms with van der Waals surface area (Å²) in [6.07, 6.45) is 1.76. The minimum absolute atomic E-state index is 0.0660. The third-order valence-electron chi connectivity index (χ3n) is 2.06. The van der Waals surface area contributed by atoms with Gasteiger partial charge in [-0.15, -0.1) is 0 Å². The third kappa shape index (κ3) is 4.57. The molecule has 1 unspecified atom stereocenters. The Labute approximate surface area is 95.9 Å². The SMILES string of the molecule is CCOCC(C)OCc1cc(NN)ccn1. The van der Waals surface area contributed by atoms with Crippen LogP contribution in [0.4, 0.5) is 5.69 Å². The molecular formula is C11H19N3O2. The summed E-state index contributed by atoms with van der Waals surface area (Å²) < 4.78 is 10.8. The van der Waals surface area contributed by atoms with Crippen molar-refractivity contribution in [1.29, 1.82) is 0 Å². The highest BCUT2D eigenvalue weighted by atomic mass is 16.5. The first-order chi connectivity index (χ1) is 7.76. The van der Waals surface area contributed by atoms with Gasteiger partial charge in [0, 0.05) is 12.8 Å². The van der Waals surface area contributed by atoms with Crippen LogP contribution in [0.3, 0.4) is 0 Å². The quantitative estimate of drug-likeness (QED) is 0.541. The van der Waals surface area contributed by atoms with E-state index in [1.807, 2.05) is 19.9 Å². The van der Waals surface area contributed by atoms with Gasteiger partial charge in [0.25, 0.3) is 0 Å². The molecule has 0 aliphatic heterocycles. The lowest BCUT2D eigenvalue weighted by Crippen LogP contribution is -2.16. The van der Waals surface area contributed by atoms with Gasteiger partial charge in [0.2, 0.25) is 0 Å². The Balaban J connectivity index is 2.35. The van der Waals surface area contributed by atoms with Gasteiger partial charge in [-0.3, -0.25) is 10.8 Å². The molecule has 1 aromatic heterocycles. The second kappa shape index (κ2) is 7.16. The minimum Gasteiger partial charge on any atom is -0.379 e. The van der Waals surface area contributed by atoms with Gasteiger partial charge in [-0.1, -0.05) is 0 Å². The number of nitrogen functional groups attached to an aromatic ring is 1. The van der Waals surface area contributed by atoms with Crippen molar-refractivity contribution in [1.82, 2.24) is 4.98 Å². The molecule has 1 rings (SSSR count). The smallest absolute Gasteiger partial charge is 0.0893 e. The van der Waals surface area contributed by atoms with Crippen molar-refractivity contribution in [3.63, 3.8) is 0 Å². The number of rotatable bonds is 7. The van der Waals surface area contributed by atoms with Crippen molar-refractivity contribution >= 4 is 5.69 Å². The fourth-order valence-corrected chi connectivity index (χ4v) is 1.21. The second-order valence-electron chi connectivity index (χ2n) is 3.46. The van der Waals surface area contributed by atoms with E-state index in [2.05, 4.69) is 10.4 Å². The number of anilines is 1. The molecule has 0 saturated carbocycles. The highest BCUT2D eigenvalue weighted by Gasteiger charge is 2.03. The van der Waals surface area contributed by atoms with Gasteiger partial charge in [0.05, 0.1) is 30.7 Å². The first-order valence-corrected chi connectivity index (χ1v) is 5.37. The lowest BCUT2D eigenvalue weighted by Gasteiger charge is -2.12. The molecule has 0 radical (unpaired) electrons. The minimum atomic E-state index is 0.0660. The van der Waals surface area contributed by atoms with Gasteiger partial charge >= 0.3 is 0 Å². The molecular weight excluding hydrogens is 206 g/mol. The van der Waals surface area contributed by atoms with Gasteiger partial charge in [-0.2, -0.15) is 0 Å². The van der Waals surface area contributed by atoms with Crippen molar-refractivity contribution in [2.24, 2.45) is 5.84 Å². The van der Waals surface area contributed by atoms with E-state index in [0.717, 1.165) is 11.4 Å². The Morgan fingerprint density at radius 3 is 3.06 bits per heavy atom. The molecule has 1 heterocycles. The zero-order valence-corrected chi connectivity index (χ0v) is 9.77. The van der Waals surface area contributed by atoms with Crippen LogP contribution in [0, 0.1) is 0 Å². The maximum atomic E-state index is 5.57. The third-order valence-corrected chi connectivity index (χ3v) is 2.06. The van der Waals surface area contributed by atoms with Gasteiger partial charge < -0.3 is 14.9 Å². The van der Waals surface area contributed by atoms with E-state index >= 15 is 0 Å². The molecule has 5 nitrogen and oxygen atoms in total. The lowest BCUT2D eigenvalue weighted by molar-refractivity contribution is -0.0127. The molecule has 0 spiro atoms. The van der Waals surface area contributed by atoms with E-state index in [9.17, 15) is 0 Å². The summed E-state index contributed by atoms with van der Waals surface area (Å²) in [7, 11) is 0. The van der Waals surface area contributed by atoms with Gasteiger partial charge in [-0.25, -0.2) is 0 Å². The Kier molecular flexibility index (Phi) is 5.77. The predicted octanol–water partition coefficient (Wildman–Crippen LogP) is 1.31. The summed E-state index contributed by atoms with van der Waals surface area (Å²) in [6, 6.07) is 3.65. The van der Waals surface area contributed by atoms with E-state index in [1.165, 1.54) is 0 Å². The fraction of sp³-hybridized carbons (Fsp3) is 0.545. The van der Waals surface area contributed by atoms with E-state index in [1.54, 1.807) is 12.3 Å². The molecule has 0 aliphatic rings. The number of ether oxygens (including phenoxy) is 2. The van der Waals surface area contributed by atoms with Crippen molar-refractivity contribution in [2.45, 2.75) is 26.6 Å². The Morgan fingerprint density at radius 2 is 2.38 bits per heavy atom. The van der Waals surface area contributed by atoms with Gasteiger partial charge in [0.15, 0.2) is 0 Å². The number of pyridine rings is 1. The summed E-state index contributed by atoms with van der Waals surface area (Å²) in [5, 5.41) is 0. The lowest BCUT2D eigenvalue weighted by atomic mass is 10.3. The number of hydrogen-bond acceptors (Lipinski definition) is 5. The van der Waals surface area contributed by atoms with Crippen LogP contribution in [-0.4, -0.2) is 24.3 Å². The molecule has 0 bridgehead atoms. The highest BCUT2D eigenvalue weighted by molar-refractivity contribution is 5.41. The van der Waals surface area contributed by atoms with Gasteiger partial charge in [-0.05, 0) is 26.0 Å². The zero-order valence-electron chi connectivity index (χ0n) is 9.77. The summed E-state index contributed by atoms with van der Waals surface area (Å²) >= 11 is 0.